The van der Waals surface area contributed by atoms with E-state index >= 15 is 4.39 Å². The highest BCUT2D eigenvalue weighted by molar-refractivity contribution is 7.18. The van der Waals surface area contributed by atoms with Crippen LogP contribution in [-0.4, -0.2) is 52.8 Å². The number of anilines is 1. The van der Waals surface area contributed by atoms with E-state index in [4.69, 9.17) is 0 Å². The summed E-state index contributed by atoms with van der Waals surface area (Å²) in [6.07, 6.45) is 6.50. The molecule has 2 aromatic rings. The molecular weight excluding hydrogens is 371 g/mol. The molecule has 1 atom stereocenters. The number of hydrogen-bond acceptors (Lipinski definition) is 5. The van der Waals surface area contributed by atoms with E-state index in [0.717, 1.165) is 62.5 Å². The normalized spacial score (nSPS) is 24.7. The van der Waals surface area contributed by atoms with Crippen LogP contribution in [0.2, 0.25) is 0 Å². The molecule has 4 heterocycles. The monoisotopic (exact) mass is 402 g/mol. The second kappa shape index (κ2) is 6.63. The minimum absolute atomic E-state index is 0.0932. The van der Waals surface area contributed by atoms with E-state index < -0.39 is 5.67 Å². The molecule has 0 radical (unpaired) electrons. The largest absolute Gasteiger partial charge is 0.355 e. The molecule has 6 heteroatoms. The van der Waals surface area contributed by atoms with E-state index in [0.29, 0.717) is 11.3 Å². The number of aromatic nitrogens is 2. The minimum atomic E-state index is -0.944. The van der Waals surface area contributed by atoms with Gasteiger partial charge >= 0.3 is 0 Å². The van der Waals surface area contributed by atoms with Crippen molar-refractivity contribution in [3.8, 4) is 0 Å². The molecule has 1 saturated carbocycles. The van der Waals surface area contributed by atoms with Gasteiger partial charge in [-0.15, -0.1) is 11.3 Å². The third-order valence-electron chi connectivity index (χ3n) is 7.26. The second-order valence-corrected chi connectivity index (χ2v) is 10.8. The van der Waals surface area contributed by atoms with Crippen LogP contribution in [0, 0.1) is 11.3 Å². The maximum absolute atomic E-state index is 15.3. The third kappa shape index (κ3) is 2.86. The van der Waals surface area contributed by atoms with Gasteiger partial charge in [0.25, 0.3) is 0 Å². The summed E-state index contributed by atoms with van der Waals surface area (Å²) >= 11 is 1.78. The maximum Gasteiger partial charge on any atom is 0.140 e. The van der Waals surface area contributed by atoms with Crippen LogP contribution < -0.4 is 4.90 Å². The number of alkyl halides is 1. The van der Waals surface area contributed by atoms with Gasteiger partial charge in [0.1, 0.15) is 22.6 Å². The van der Waals surface area contributed by atoms with Gasteiger partial charge in [-0.3, -0.25) is 4.90 Å². The average molecular weight is 403 g/mol. The Morgan fingerprint density at radius 3 is 2.61 bits per heavy atom. The average Bonchev–Trinajstić information content (AvgIpc) is 3.23. The standard InChI is InChI=1S/C22H31FN4S/c1-4-16-10-17-19(24-14-25-20(17)28-16)26-9-8-21(11-26)12-27(13-21)18(15(2)3)22(23)6-5-7-22/h10,14-15,18H,4-9,11-13H2,1-3H3/t18-/m0/s1. The summed E-state index contributed by atoms with van der Waals surface area (Å²) < 4.78 is 15.3. The molecule has 1 aliphatic carbocycles. The fourth-order valence-corrected chi connectivity index (χ4v) is 6.79. The molecule has 0 amide bonds. The molecule has 0 N–H and O–H groups in total. The summed E-state index contributed by atoms with van der Waals surface area (Å²) in [5, 5.41) is 1.20. The number of halogens is 1. The Morgan fingerprint density at radius 1 is 1.18 bits per heavy atom. The van der Waals surface area contributed by atoms with Gasteiger partial charge in [0.15, 0.2) is 0 Å². The summed E-state index contributed by atoms with van der Waals surface area (Å²) in [7, 11) is 0. The van der Waals surface area contributed by atoms with Gasteiger partial charge in [0.2, 0.25) is 0 Å². The molecule has 2 saturated heterocycles. The Bertz CT molecular complexity index is 869. The van der Waals surface area contributed by atoms with E-state index in [1.165, 1.54) is 16.7 Å². The van der Waals surface area contributed by atoms with Crippen LogP contribution in [-0.2, 0) is 6.42 Å². The first-order valence-electron chi connectivity index (χ1n) is 10.8. The van der Waals surface area contributed by atoms with Crippen LogP contribution in [0.25, 0.3) is 10.2 Å². The van der Waals surface area contributed by atoms with Crippen molar-refractivity contribution in [2.24, 2.45) is 11.3 Å². The fourth-order valence-electron chi connectivity index (χ4n) is 5.86. The predicted molar refractivity (Wildman–Crippen MR) is 114 cm³/mol. The van der Waals surface area contributed by atoms with Crippen molar-refractivity contribution in [3.63, 3.8) is 0 Å². The van der Waals surface area contributed by atoms with E-state index in [1.807, 2.05) is 0 Å². The number of aryl methyl sites for hydroxylation is 1. The molecule has 0 bridgehead atoms. The van der Waals surface area contributed by atoms with Crippen molar-refractivity contribution < 1.29 is 4.39 Å². The van der Waals surface area contributed by atoms with E-state index in [9.17, 15) is 0 Å². The number of nitrogens with zero attached hydrogens (tertiary/aromatic N) is 4. The predicted octanol–water partition coefficient (Wildman–Crippen LogP) is 4.68. The van der Waals surface area contributed by atoms with Gasteiger partial charge in [-0.1, -0.05) is 20.8 Å². The van der Waals surface area contributed by atoms with Gasteiger partial charge in [-0.25, -0.2) is 14.4 Å². The molecular formula is C22H31FN4S. The topological polar surface area (TPSA) is 32.3 Å². The Morgan fingerprint density at radius 2 is 1.96 bits per heavy atom. The quantitative estimate of drug-likeness (QED) is 0.727. The van der Waals surface area contributed by atoms with E-state index in [1.54, 1.807) is 17.7 Å². The highest BCUT2D eigenvalue weighted by Crippen LogP contribution is 2.49. The molecule has 5 rings (SSSR count). The van der Waals surface area contributed by atoms with Gasteiger partial charge in [0.05, 0.1) is 5.39 Å². The first-order chi connectivity index (χ1) is 13.4. The van der Waals surface area contributed by atoms with Crippen molar-refractivity contribution in [2.45, 2.75) is 64.6 Å². The van der Waals surface area contributed by atoms with E-state index in [2.05, 4.69) is 46.6 Å². The third-order valence-corrected chi connectivity index (χ3v) is 8.45. The Kier molecular flexibility index (Phi) is 4.43. The molecule has 4 nitrogen and oxygen atoms in total. The summed E-state index contributed by atoms with van der Waals surface area (Å²) in [6.45, 7) is 10.7. The molecule has 2 aromatic heterocycles. The summed E-state index contributed by atoms with van der Waals surface area (Å²) in [5.41, 5.74) is -0.631. The van der Waals surface area contributed by atoms with E-state index in [-0.39, 0.29) is 6.04 Å². The molecule has 28 heavy (non-hydrogen) atoms. The van der Waals surface area contributed by atoms with Gasteiger partial charge in [-0.05, 0) is 44.1 Å². The summed E-state index contributed by atoms with van der Waals surface area (Å²) in [5.74, 6) is 1.47. The second-order valence-electron chi connectivity index (χ2n) is 9.64. The fraction of sp³-hybridized carbons (Fsp3) is 0.727. The lowest BCUT2D eigenvalue weighted by atomic mass is 9.68. The SMILES string of the molecule is CCc1cc2c(N3CCC4(C3)CN([C@@H](C(C)C)C3(F)CCC3)C4)ncnc2s1. The van der Waals surface area contributed by atoms with Gasteiger partial charge in [0, 0.05) is 42.5 Å². The smallest absolute Gasteiger partial charge is 0.140 e. The van der Waals surface area contributed by atoms with Crippen LogP contribution in [0.1, 0.15) is 51.3 Å². The lowest BCUT2D eigenvalue weighted by Gasteiger charge is -2.57. The van der Waals surface area contributed by atoms with Gasteiger partial charge in [-0.2, -0.15) is 0 Å². The van der Waals surface area contributed by atoms with Crippen molar-refractivity contribution in [2.75, 3.05) is 31.1 Å². The molecule has 3 fully saturated rings. The molecule has 3 aliphatic rings. The van der Waals surface area contributed by atoms with Crippen molar-refractivity contribution in [3.05, 3.63) is 17.3 Å². The maximum atomic E-state index is 15.3. The van der Waals surface area contributed by atoms with Crippen molar-refractivity contribution in [1.29, 1.82) is 0 Å². The van der Waals surface area contributed by atoms with Crippen LogP contribution in [0.3, 0.4) is 0 Å². The molecule has 2 aliphatic heterocycles. The lowest BCUT2D eigenvalue weighted by molar-refractivity contribution is -0.118. The Hall–Kier alpha value is -1.27. The summed E-state index contributed by atoms with van der Waals surface area (Å²) in [4.78, 5) is 16.5. The summed E-state index contributed by atoms with van der Waals surface area (Å²) in [6, 6.07) is 2.36. The zero-order valence-electron chi connectivity index (χ0n) is 17.2. The van der Waals surface area contributed by atoms with Crippen molar-refractivity contribution in [1.82, 2.24) is 14.9 Å². The molecule has 0 unspecified atom stereocenters. The van der Waals surface area contributed by atoms with Crippen LogP contribution in [0.5, 0.6) is 0 Å². The zero-order chi connectivity index (χ0) is 19.5. The zero-order valence-corrected chi connectivity index (χ0v) is 18.1. The molecule has 0 aromatic carbocycles. The number of rotatable bonds is 5. The Balaban J connectivity index is 1.32. The molecule has 1 spiro atoms. The van der Waals surface area contributed by atoms with Crippen molar-refractivity contribution >= 4 is 27.4 Å². The number of hydrogen-bond donors (Lipinski definition) is 0. The number of likely N-dealkylation sites (tertiary alicyclic amines) is 1. The Labute approximate surface area is 171 Å². The number of thiophene rings is 1. The lowest BCUT2D eigenvalue weighted by Crippen LogP contribution is -2.67. The van der Waals surface area contributed by atoms with Crippen LogP contribution >= 0.6 is 11.3 Å². The molecule has 152 valence electrons. The highest BCUT2D eigenvalue weighted by Gasteiger charge is 2.56. The van der Waals surface area contributed by atoms with Crippen LogP contribution in [0.15, 0.2) is 12.4 Å². The minimum Gasteiger partial charge on any atom is -0.355 e. The van der Waals surface area contributed by atoms with Gasteiger partial charge < -0.3 is 4.90 Å². The first-order valence-corrected chi connectivity index (χ1v) is 11.7. The highest BCUT2D eigenvalue weighted by atomic mass is 32.1. The first kappa shape index (κ1) is 18.7. The van der Waals surface area contributed by atoms with Crippen LogP contribution in [0.4, 0.5) is 10.2 Å². The number of fused-ring (bicyclic) bond motifs is 1.